The first-order valence-corrected chi connectivity index (χ1v) is 10.4. The highest BCUT2D eigenvalue weighted by Crippen LogP contribution is 2.65. The van der Waals surface area contributed by atoms with Crippen LogP contribution in [0.15, 0.2) is 28.9 Å². The number of furan rings is 1. The molecule has 144 valence electrons. The molecule has 0 amide bonds. The summed E-state index contributed by atoms with van der Waals surface area (Å²) < 4.78 is 18.8. The van der Waals surface area contributed by atoms with Crippen LogP contribution in [0.3, 0.4) is 0 Å². The quantitative estimate of drug-likeness (QED) is 0.612. The Morgan fingerprint density at radius 3 is 2.85 bits per heavy atom. The minimum Gasteiger partial charge on any atom is -0.464 e. The van der Waals surface area contributed by atoms with E-state index in [1.807, 2.05) is 6.26 Å². The van der Waals surface area contributed by atoms with E-state index in [9.17, 15) is 0 Å². The third-order valence-electron chi connectivity index (χ3n) is 7.75. The lowest BCUT2D eigenvalue weighted by Gasteiger charge is -2.64. The Morgan fingerprint density at radius 2 is 2.11 bits per heavy atom. The maximum atomic E-state index is 6.58. The molecule has 1 saturated heterocycles. The molecule has 2 heterocycles. The van der Waals surface area contributed by atoms with E-state index in [-0.39, 0.29) is 24.8 Å². The van der Waals surface area contributed by atoms with Crippen molar-refractivity contribution in [3.8, 4) is 0 Å². The smallest absolute Gasteiger partial charge is 0.464 e. The zero-order valence-electron chi connectivity index (χ0n) is 16.4. The van der Waals surface area contributed by atoms with Crippen LogP contribution in [0, 0.1) is 24.2 Å². The van der Waals surface area contributed by atoms with Gasteiger partial charge in [-0.25, -0.2) is 4.84 Å². The van der Waals surface area contributed by atoms with E-state index in [2.05, 4.69) is 50.7 Å². The first kappa shape index (κ1) is 18.1. The number of aryl methyl sites for hydroxylation is 1. The number of nitrogens with one attached hydrogen (secondary N) is 1. The van der Waals surface area contributed by atoms with Crippen LogP contribution in [0.2, 0.25) is 0 Å². The first-order chi connectivity index (χ1) is 12.8. The van der Waals surface area contributed by atoms with Crippen molar-refractivity contribution in [1.82, 2.24) is 4.84 Å². The summed E-state index contributed by atoms with van der Waals surface area (Å²) in [5.74, 6) is 1.16. The number of hydrogen-bond acceptors (Lipinski definition) is 4. The molecule has 4 fully saturated rings. The van der Waals surface area contributed by atoms with Crippen LogP contribution in [-0.4, -0.2) is 24.8 Å². The predicted molar refractivity (Wildman–Crippen MR) is 108 cm³/mol. The van der Waals surface area contributed by atoms with Crippen molar-refractivity contribution in [3.05, 3.63) is 35.6 Å². The fourth-order valence-corrected chi connectivity index (χ4v) is 6.09. The summed E-state index contributed by atoms with van der Waals surface area (Å²) >= 11 is 6.15. The van der Waals surface area contributed by atoms with Crippen molar-refractivity contribution in [2.75, 3.05) is 0 Å². The molecule has 1 aliphatic heterocycles. The Kier molecular flexibility index (Phi) is 4.01. The van der Waals surface area contributed by atoms with Gasteiger partial charge in [-0.1, -0.05) is 32.0 Å². The molecule has 3 aliphatic carbocycles. The highest BCUT2D eigenvalue weighted by Gasteiger charge is 2.68. The summed E-state index contributed by atoms with van der Waals surface area (Å²) in [6, 6.07) is 6.23. The van der Waals surface area contributed by atoms with Crippen molar-refractivity contribution in [3.63, 3.8) is 0 Å². The van der Waals surface area contributed by atoms with Gasteiger partial charge in [0.25, 0.3) is 0 Å². The van der Waals surface area contributed by atoms with Gasteiger partial charge in [-0.05, 0) is 73.3 Å². The maximum Gasteiger partial charge on any atom is 0.477 e. The molecule has 0 unspecified atom stereocenters. The Bertz CT molecular complexity index is 883. The van der Waals surface area contributed by atoms with Gasteiger partial charge in [-0.3, -0.25) is 0 Å². The predicted octanol–water partition coefficient (Wildman–Crippen LogP) is 4.66. The Balaban J connectivity index is 1.38. The standard InChI is InChI=1S/C21H27BClNO3/c1-12-6-5-7-15-13(11-25-19(12)15)8-18(24-23)22-26-17-10-14-9-16(20(14,2)3)21(17,4)27-22/h5-7,11,14,16-18,24H,8-10H2,1-4H3/t14-,16-,17+,18-,21-/m0/s1. The van der Waals surface area contributed by atoms with Gasteiger partial charge in [-0.15, -0.1) is 0 Å². The van der Waals surface area contributed by atoms with Crippen LogP contribution in [0.1, 0.15) is 44.7 Å². The fourth-order valence-electron chi connectivity index (χ4n) is 5.91. The minimum atomic E-state index is -0.345. The summed E-state index contributed by atoms with van der Waals surface area (Å²) in [7, 11) is -0.345. The van der Waals surface area contributed by atoms with Gasteiger partial charge in [0.05, 0.1) is 23.9 Å². The van der Waals surface area contributed by atoms with Crippen LogP contribution in [0.25, 0.3) is 11.0 Å². The van der Waals surface area contributed by atoms with Gasteiger partial charge in [0.1, 0.15) is 5.58 Å². The average molecular weight is 388 g/mol. The van der Waals surface area contributed by atoms with E-state index < -0.39 is 0 Å². The molecule has 6 rings (SSSR count). The monoisotopic (exact) mass is 387 g/mol. The molecular formula is C21H27BClNO3. The largest absolute Gasteiger partial charge is 0.477 e. The summed E-state index contributed by atoms with van der Waals surface area (Å²) in [5, 5.41) is 1.14. The fraction of sp³-hybridized carbons (Fsp3) is 0.619. The molecular weight excluding hydrogens is 361 g/mol. The third kappa shape index (κ3) is 2.48. The van der Waals surface area contributed by atoms with E-state index in [1.165, 1.54) is 6.42 Å². The van der Waals surface area contributed by atoms with Crippen molar-refractivity contribution in [2.45, 2.75) is 64.6 Å². The molecule has 0 spiro atoms. The molecule has 2 bridgehead atoms. The number of fused-ring (bicyclic) bond motifs is 1. The van der Waals surface area contributed by atoms with Crippen LogP contribution < -0.4 is 4.84 Å². The summed E-state index contributed by atoms with van der Waals surface area (Å²) in [5.41, 5.74) is 3.33. The SMILES string of the molecule is Cc1cccc2c(C[C@H](NCl)B3O[C@@H]4C[C@@H]5C[C@@H](C5(C)C)[C@]4(C)O3)coc12. The number of halogens is 1. The van der Waals surface area contributed by atoms with Crippen LogP contribution in [-0.2, 0) is 15.7 Å². The molecule has 2 aromatic rings. The van der Waals surface area contributed by atoms with Gasteiger partial charge in [0, 0.05) is 5.39 Å². The van der Waals surface area contributed by atoms with E-state index in [1.54, 1.807) is 0 Å². The lowest BCUT2D eigenvalue weighted by atomic mass is 9.43. The summed E-state index contributed by atoms with van der Waals surface area (Å²) in [4.78, 5) is 2.92. The second kappa shape index (κ2) is 5.99. The van der Waals surface area contributed by atoms with Gasteiger partial charge < -0.3 is 13.7 Å². The molecule has 1 aromatic heterocycles. The average Bonchev–Trinajstić information content (AvgIpc) is 3.20. The number of hydrogen-bond donors (Lipinski definition) is 1. The molecule has 6 heteroatoms. The lowest BCUT2D eigenvalue weighted by Crippen LogP contribution is -2.65. The van der Waals surface area contributed by atoms with Gasteiger partial charge >= 0.3 is 7.12 Å². The topological polar surface area (TPSA) is 43.6 Å². The van der Waals surface area contributed by atoms with Gasteiger partial charge in [-0.2, -0.15) is 0 Å². The Morgan fingerprint density at radius 1 is 1.30 bits per heavy atom. The van der Waals surface area contributed by atoms with Crippen molar-refractivity contribution < 1.29 is 13.7 Å². The number of benzene rings is 1. The van der Waals surface area contributed by atoms with E-state index in [4.69, 9.17) is 25.5 Å². The van der Waals surface area contributed by atoms with Crippen LogP contribution >= 0.6 is 11.8 Å². The van der Waals surface area contributed by atoms with E-state index in [0.29, 0.717) is 17.8 Å². The molecule has 4 aliphatic rings. The van der Waals surface area contributed by atoms with Crippen molar-refractivity contribution in [1.29, 1.82) is 0 Å². The second-order valence-corrected chi connectivity index (χ2v) is 9.69. The van der Waals surface area contributed by atoms with E-state index in [0.717, 1.165) is 34.4 Å². The summed E-state index contributed by atoms with van der Waals surface area (Å²) in [6.45, 7) is 9.05. The molecule has 4 nitrogen and oxygen atoms in total. The normalized spacial score (nSPS) is 35.1. The van der Waals surface area contributed by atoms with Gasteiger partial charge in [0.2, 0.25) is 0 Å². The molecule has 3 saturated carbocycles. The number of rotatable bonds is 4. The third-order valence-corrected chi connectivity index (χ3v) is 8.03. The second-order valence-electron chi connectivity index (χ2n) is 9.47. The molecule has 1 N–H and O–H groups in total. The molecule has 27 heavy (non-hydrogen) atoms. The molecule has 1 aromatic carbocycles. The van der Waals surface area contributed by atoms with Crippen molar-refractivity contribution in [2.24, 2.45) is 17.3 Å². The first-order valence-electron chi connectivity index (χ1n) is 9.99. The maximum absolute atomic E-state index is 6.58. The number of para-hydroxylation sites is 1. The van der Waals surface area contributed by atoms with Gasteiger partial charge in [0.15, 0.2) is 0 Å². The lowest BCUT2D eigenvalue weighted by molar-refractivity contribution is -0.199. The minimum absolute atomic E-state index is 0.129. The zero-order valence-corrected chi connectivity index (χ0v) is 17.2. The Hall–Kier alpha value is -1.01. The van der Waals surface area contributed by atoms with Crippen LogP contribution in [0.5, 0.6) is 0 Å². The molecule has 0 radical (unpaired) electrons. The highest BCUT2D eigenvalue weighted by atomic mass is 35.5. The van der Waals surface area contributed by atoms with E-state index >= 15 is 0 Å². The summed E-state index contributed by atoms with van der Waals surface area (Å²) in [6.07, 6.45) is 5.03. The highest BCUT2D eigenvalue weighted by molar-refractivity contribution is 6.48. The molecule has 5 atom stereocenters. The van der Waals surface area contributed by atoms with Crippen LogP contribution in [0.4, 0.5) is 0 Å². The van der Waals surface area contributed by atoms with Crippen molar-refractivity contribution >= 4 is 29.9 Å². The Labute approximate surface area is 166 Å². The zero-order chi connectivity index (χ0) is 19.0.